The van der Waals surface area contributed by atoms with Crippen LogP contribution in [0, 0.1) is 0 Å². The van der Waals surface area contributed by atoms with E-state index in [0.717, 1.165) is 16.3 Å². The molecule has 0 fully saturated rings. The third-order valence-corrected chi connectivity index (χ3v) is 6.06. The lowest BCUT2D eigenvalue weighted by Crippen LogP contribution is -2.33. The number of rotatable bonds is 8. The molecule has 0 saturated carbocycles. The molecular weight excluding hydrogens is 496 g/mol. The van der Waals surface area contributed by atoms with Crippen molar-refractivity contribution in [2.75, 3.05) is 23.1 Å². The lowest BCUT2D eigenvalue weighted by molar-refractivity contribution is -0.118. The van der Waals surface area contributed by atoms with Gasteiger partial charge in [0.2, 0.25) is 17.7 Å². The summed E-state index contributed by atoms with van der Waals surface area (Å²) in [6, 6.07) is 17.3. The number of nitrogens with two attached hydrogens (primary N) is 1. The quantitative estimate of drug-likeness (QED) is 0.231. The smallest absolute Gasteiger partial charge is 0.323 e. The zero-order chi connectivity index (χ0) is 28.2. The molecule has 1 atom stereocenters. The number of benzene rings is 3. The van der Waals surface area contributed by atoms with E-state index < -0.39 is 18.0 Å². The largest absolute Gasteiger partial charge is 0.495 e. The first-order chi connectivity index (χ1) is 18.5. The molecule has 0 aliphatic carbocycles. The number of fused-ring (bicyclic) bond motifs is 1. The highest BCUT2D eigenvalue weighted by Gasteiger charge is 2.18. The van der Waals surface area contributed by atoms with Crippen molar-refractivity contribution in [3.63, 3.8) is 0 Å². The molecule has 0 bridgehead atoms. The number of carbonyl (C=O) groups excluding carboxylic acids is 2. The van der Waals surface area contributed by atoms with Gasteiger partial charge >= 0.3 is 6.03 Å². The Morgan fingerprint density at radius 1 is 0.923 bits per heavy atom. The summed E-state index contributed by atoms with van der Waals surface area (Å²) in [7, 11) is 1.57. The molecule has 10 heteroatoms. The standard InChI is InChI=1S/C29H32N6O4/c1-17(26(30)36)32-27-31-15-14-25(35-27)39-23-13-11-21(19-8-6-7-9-20(19)23)33-28(37)34-22-16-18(29(2,3)4)10-12-24(22)38-5/h6-17H,1-5H3,(H2,30,36)(H,31,32,35)(H2,33,34,37). The van der Waals surface area contributed by atoms with Crippen LogP contribution in [-0.2, 0) is 10.2 Å². The second-order valence-corrected chi connectivity index (χ2v) is 9.99. The Balaban J connectivity index is 1.56. The molecule has 10 nitrogen and oxygen atoms in total. The fraction of sp³-hybridized carbons (Fsp3) is 0.241. The van der Waals surface area contributed by atoms with Crippen LogP contribution in [0.25, 0.3) is 10.8 Å². The van der Waals surface area contributed by atoms with Crippen molar-refractivity contribution in [1.29, 1.82) is 0 Å². The Bertz CT molecular complexity index is 1520. The van der Waals surface area contributed by atoms with E-state index in [0.29, 0.717) is 22.9 Å². The first kappa shape index (κ1) is 27.2. The van der Waals surface area contributed by atoms with Crippen LogP contribution in [0.1, 0.15) is 33.3 Å². The van der Waals surface area contributed by atoms with Crippen molar-refractivity contribution in [2.24, 2.45) is 5.73 Å². The van der Waals surface area contributed by atoms with E-state index in [1.54, 1.807) is 32.2 Å². The molecule has 0 radical (unpaired) electrons. The van der Waals surface area contributed by atoms with Crippen LogP contribution in [0.15, 0.2) is 66.9 Å². The van der Waals surface area contributed by atoms with Gasteiger partial charge < -0.3 is 31.2 Å². The number of urea groups is 1. The van der Waals surface area contributed by atoms with Gasteiger partial charge in [-0.3, -0.25) is 4.79 Å². The SMILES string of the molecule is COc1ccc(C(C)(C)C)cc1NC(=O)Nc1ccc(Oc2ccnc(NC(C)C(N)=O)n2)c2ccccc12. The number of amides is 3. The summed E-state index contributed by atoms with van der Waals surface area (Å²) in [6.07, 6.45) is 1.52. The highest BCUT2D eigenvalue weighted by molar-refractivity contribution is 6.08. The molecule has 5 N–H and O–H groups in total. The predicted octanol–water partition coefficient (Wildman–Crippen LogP) is 5.66. The zero-order valence-electron chi connectivity index (χ0n) is 22.5. The summed E-state index contributed by atoms with van der Waals surface area (Å²) in [6.45, 7) is 7.93. The van der Waals surface area contributed by atoms with Gasteiger partial charge in [-0.2, -0.15) is 4.98 Å². The van der Waals surface area contributed by atoms with Gasteiger partial charge in [0.1, 0.15) is 17.5 Å². The predicted molar refractivity (Wildman–Crippen MR) is 153 cm³/mol. The van der Waals surface area contributed by atoms with Gasteiger partial charge in [-0.25, -0.2) is 9.78 Å². The van der Waals surface area contributed by atoms with Crippen LogP contribution < -0.4 is 31.2 Å². The number of hydrogen-bond donors (Lipinski definition) is 4. The zero-order valence-corrected chi connectivity index (χ0v) is 22.5. The molecule has 1 heterocycles. The maximum Gasteiger partial charge on any atom is 0.323 e. The molecule has 0 saturated heterocycles. The molecule has 4 aromatic rings. The number of hydrogen-bond acceptors (Lipinski definition) is 7. The van der Waals surface area contributed by atoms with Crippen LogP contribution in [0.5, 0.6) is 17.4 Å². The fourth-order valence-electron chi connectivity index (χ4n) is 3.86. The second kappa shape index (κ2) is 11.3. The summed E-state index contributed by atoms with van der Waals surface area (Å²) in [5, 5.41) is 10.2. The van der Waals surface area contributed by atoms with Gasteiger partial charge in [0.05, 0.1) is 18.5 Å². The first-order valence-corrected chi connectivity index (χ1v) is 12.4. The monoisotopic (exact) mass is 528 g/mol. The maximum absolute atomic E-state index is 13.0. The molecule has 0 aliphatic heterocycles. The Labute approximate surface area is 226 Å². The first-order valence-electron chi connectivity index (χ1n) is 12.4. The third-order valence-electron chi connectivity index (χ3n) is 6.06. The topological polar surface area (TPSA) is 140 Å². The Hall–Kier alpha value is -4.86. The van der Waals surface area contributed by atoms with Crippen LogP contribution in [0.4, 0.5) is 22.1 Å². The lowest BCUT2D eigenvalue weighted by atomic mass is 9.87. The normalized spacial score (nSPS) is 11.9. The molecule has 0 spiro atoms. The molecular formula is C29H32N6O4. The molecule has 3 aromatic carbocycles. The second-order valence-electron chi connectivity index (χ2n) is 9.99. The summed E-state index contributed by atoms with van der Waals surface area (Å²) in [5.74, 6) is 1.06. The van der Waals surface area contributed by atoms with Gasteiger partial charge in [-0.1, -0.05) is 51.1 Å². The van der Waals surface area contributed by atoms with Crippen molar-refractivity contribution in [1.82, 2.24) is 9.97 Å². The summed E-state index contributed by atoms with van der Waals surface area (Å²) in [4.78, 5) is 32.8. The van der Waals surface area contributed by atoms with E-state index in [2.05, 4.69) is 46.7 Å². The van der Waals surface area contributed by atoms with E-state index in [-0.39, 0.29) is 17.2 Å². The highest BCUT2D eigenvalue weighted by Crippen LogP contribution is 2.35. The number of anilines is 3. The lowest BCUT2D eigenvalue weighted by Gasteiger charge is -2.21. The summed E-state index contributed by atoms with van der Waals surface area (Å²) in [5.41, 5.74) is 7.46. The molecule has 39 heavy (non-hydrogen) atoms. The van der Waals surface area contributed by atoms with Crippen molar-refractivity contribution >= 4 is 40.0 Å². The van der Waals surface area contributed by atoms with Gasteiger partial charge in [-0.05, 0) is 42.2 Å². The Morgan fingerprint density at radius 2 is 1.62 bits per heavy atom. The average Bonchev–Trinajstić information content (AvgIpc) is 2.89. The molecule has 1 aromatic heterocycles. The van der Waals surface area contributed by atoms with Crippen LogP contribution in [0.2, 0.25) is 0 Å². The highest BCUT2D eigenvalue weighted by atomic mass is 16.5. The van der Waals surface area contributed by atoms with E-state index >= 15 is 0 Å². The fourth-order valence-corrected chi connectivity index (χ4v) is 3.86. The molecule has 0 aliphatic rings. The number of methoxy groups -OCH3 is 1. The van der Waals surface area contributed by atoms with Gasteiger partial charge in [-0.15, -0.1) is 0 Å². The van der Waals surface area contributed by atoms with Crippen LogP contribution in [-0.4, -0.2) is 35.1 Å². The molecule has 1 unspecified atom stereocenters. The minimum Gasteiger partial charge on any atom is -0.495 e. The van der Waals surface area contributed by atoms with E-state index in [1.807, 2.05) is 42.5 Å². The third kappa shape index (κ3) is 6.53. The molecule has 202 valence electrons. The van der Waals surface area contributed by atoms with E-state index in [9.17, 15) is 9.59 Å². The van der Waals surface area contributed by atoms with Crippen LogP contribution >= 0.6 is 0 Å². The van der Waals surface area contributed by atoms with Gasteiger partial charge in [0.15, 0.2) is 0 Å². The number of nitrogens with zero attached hydrogens (tertiary/aromatic N) is 2. The van der Waals surface area contributed by atoms with Crippen molar-refractivity contribution in [3.8, 4) is 17.4 Å². The average molecular weight is 529 g/mol. The Kier molecular flexibility index (Phi) is 7.85. The van der Waals surface area contributed by atoms with Crippen LogP contribution in [0.3, 0.4) is 0 Å². The van der Waals surface area contributed by atoms with E-state index in [4.69, 9.17) is 15.2 Å². The molecule has 3 amide bonds. The molecule has 4 rings (SSSR count). The summed E-state index contributed by atoms with van der Waals surface area (Å²) >= 11 is 0. The van der Waals surface area contributed by atoms with Gasteiger partial charge in [0.25, 0.3) is 0 Å². The van der Waals surface area contributed by atoms with Crippen molar-refractivity contribution in [3.05, 3.63) is 72.4 Å². The maximum atomic E-state index is 13.0. The number of aromatic nitrogens is 2. The van der Waals surface area contributed by atoms with E-state index in [1.165, 1.54) is 6.20 Å². The number of ether oxygens (including phenoxy) is 2. The number of primary amides is 1. The van der Waals surface area contributed by atoms with Crippen molar-refractivity contribution < 1.29 is 19.1 Å². The number of carbonyl (C=O) groups is 2. The minimum absolute atomic E-state index is 0.0915. The number of nitrogens with one attached hydrogen (secondary N) is 3. The summed E-state index contributed by atoms with van der Waals surface area (Å²) < 4.78 is 11.5. The Morgan fingerprint density at radius 3 is 2.31 bits per heavy atom. The minimum atomic E-state index is -0.645. The van der Waals surface area contributed by atoms with Crippen molar-refractivity contribution in [2.45, 2.75) is 39.2 Å². The van der Waals surface area contributed by atoms with Gasteiger partial charge in [0, 0.05) is 23.0 Å².